The number of hydrogen-bond acceptors (Lipinski definition) is 1. The summed E-state index contributed by atoms with van der Waals surface area (Å²) in [5.41, 5.74) is 18.5. The van der Waals surface area contributed by atoms with Crippen molar-refractivity contribution in [2.75, 3.05) is 4.90 Å². The minimum absolute atomic E-state index is 0.389. The van der Waals surface area contributed by atoms with E-state index in [0.29, 0.717) is 5.92 Å². The van der Waals surface area contributed by atoms with Gasteiger partial charge in [0.15, 0.2) is 0 Å². The Hall–Kier alpha value is -7.94. The minimum atomic E-state index is 0.389. The highest BCUT2D eigenvalue weighted by atomic mass is 15.1. The molecule has 2 aliphatic rings. The van der Waals surface area contributed by atoms with Gasteiger partial charge in [-0.05, 0) is 123 Å². The molecular weight excluding hydrogens is 749 g/mol. The molecule has 62 heavy (non-hydrogen) atoms. The lowest BCUT2D eigenvalue weighted by Crippen LogP contribution is -2.11. The van der Waals surface area contributed by atoms with Crippen LogP contribution in [-0.4, -0.2) is 4.57 Å². The summed E-state index contributed by atoms with van der Waals surface area (Å²) in [5, 5.41) is 4.95. The van der Waals surface area contributed by atoms with Crippen molar-refractivity contribution in [3.05, 3.63) is 247 Å². The van der Waals surface area contributed by atoms with Crippen LogP contribution in [0.3, 0.4) is 0 Å². The van der Waals surface area contributed by atoms with Crippen molar-refractivity contribution in [1.82, 2.24) is 4.57 Å². The number of nitrogens with zero attached hydrogens (tertiary/aromatic N) is 2. The van der Waals surface area contributed by atoms with Crippen molar-refractivity contribution >= 4 is 66.9 Å². The quantitative estimate of drug-likeness (QED) is 0.156. The summed E-state index contributed by atoms with van der Waals surface area (Å²) < 4.78 is 2.39. The van der Waals surface area contributed by atoms with E-state index in [0.717, 1.165) is 29.2 Å². The number of fused-ring (bicyclic) bond motifs is 7. The van der Waals surface area contributed by atoms with Crippen molar-refractivity contribution in [2.45, 2.75) is 6.42 Å². The Morgan fingerprint density at radius 2 is 1.13 bits per heavy atom. The predicted octanol–water partition coefficient (Wildman–Crippen LogP) is 16.3. The molecule has 12 rings (SSSR count). The van der Waals surface area contributed by atoms with Gasteiger partial charge in [0.05, 0.1) is 16.7 Å². The van der Waals surface area contributed by atoms with E-state index < -0.39 is 0 Å². The second-order valence-electron chi connectivity index (χ2n) is 16.5. The third-order valence-electron chi connectivity index (χ3n) is 12.9. The van der Waals surface area contributed by atoms with Gasteiger partial charge in [-0.25, -0.2) is 0 Å². The molecule has 0 spiro atoms. The number of aromatic nitrogens is 1. The number of allylic oxidation sites excluding steroid dienone is 5. The monoisotopic (exact) mass is 790 g/mol. The third kappa shape index (κ3) is 6.11. The van der Waals surface area contributed by atoms with E-state index in [4.69, 9.17) is 0 Å². The zero-order valence-electron chi connectivity index (χ0n) is 34.2. The molecule has 2 aliphatic carbocycles. The van der Waals surface area contributed by atoms with Crippen molar-refractivity contribution in [1.29, 1.82) is 0 Å². The molecule has 292 valence electrons. The largest absolute Gasteiger partial charge is 0.310 e. The van der Waals surface area contributed by atoms with E-state index in [9.17, 15) is 0 Å². The summed E-state index contributed by atoms with van der Waals surface area (Å²) in [6.07, 6.45) is 10.3. The van der Waals surface area contributed by atoms with E-state index in [-0.39, 0.29) is 0 Å². The molecule has 2 heteroatoms. The Morgan fingerprint density at radius 1 is 0.452 bits per heavy atom. The Labute approximate surface area is 362 Å². The highest BCUT2D eigenvalue weighted by Gasteiger charge is 2.24. The van der Waals surface area contributed by atoms with Crippen LogP contribution in [0.2, 0.25) is 0 Å². The van der Waals surface area contributed by atoms with Gasteiger partial charge in [-0.1, -0.05) is 176 Å². The van der Waals surface area contributed by atoms with Crippen molar-refractivity contribution in [3.8, 4) is 27.9 Å². The van der Waals surface area contributed by atoms with Crippen molar-refractivity contribution in [2.24, 2.45) is 5.92 Å². The molecule has 1 unspecified atom stereocenters. The van der Waals surface area contributed by atoms with Gasteiger partial charge in [0.2, 0.25) is 0 Å². The maximum absolute atomic E-state index is 2.42. The summed E-state index contributed by atoms with van der Waals surface area (Å²) >= 11 is 0. The molecule has 10 aromatic rings. The maximum atomic E-state index is 2.42. The number of rotatable bonds is 7. The van der Waals surface area contributed by atoms with E-state index in [1.54, 1.807) is 0 Å². The highest BCUT2D eigenvalue weighted by molar-refractivity contribution is 6.16. The molecule has 1 atom stereocenters. The SMILES string of the molecule is C1=CC2CC(c3ccc(N(c4cccc(-c5cccc(-c6cccc7c6c6ccccc6n7-c6ccccc6)c5)c4)c4cccc5ccccc45)cc3)=CC=C2c2ccccc21. The van der Waals surface area contributed by atoms with Crippen LogP contribution in [0, 0.1) is 5.92 Å². The van der Waals surface area contributed by atoms with Gasteiger partial charge >= 0.3 is 0 Å². The lowest BCUT2D eigenvalue weighted by molar-refractivity contribution is 0.856. The molecular formula is C60H42N2. The van der Waals surface area contributed by atoms with Crippen molar-refractivity contribution < 1.29 is 0 Å². The molecule has 0 saturated carbocycles. The fourth-order valence-corrected chi connectivity index (χ4v) is 9.99. The predicted molar refractivity (Wildman–Crippen MR) is 263 cm³/mol. The summed E-state index contributed by atoms with van der Waals surface area (Å²) in [4.78, 5) is 2.42. The average Bonchev–Trinajstić information content (AvgIpc) is 3.69. The Bertz CT molecular complexity index is 3430. The lowest BCUT2D eigenvalue weighted by Gasteiger charge is -2.29. The average molecular weight is 791 g/mol. The Balaban J connectivity index is 0.941. The molecule has 1 heterocycles. The van der Waals surface area contributed by atoms with Crippen LogP contribution in [0.4, 0.5) is 17.1 Å². The molecule has 0 bridgehead atoms. The van der Waals surface area contributed by atoms with Gasteiger partial charge < -0.3 is 9.47 Å². The van der Waals surface area contributed by atoms with Crippen LogP contribution in [0.1, 0.15) is 23.1 Å². The van der Waals surface area contributed by atoms with Crippen LogP contribution in [0.25, 0.3) is 77.7 Å². The zero-order valence-corrected chi connectivity index (χ0v) is 34.2. The van der Waals surface area contributed by atoms with Crippen LogP contribution >= 0.6 is 0 Å². The van der Waals surface area contributed by atoms with E-state index in [1.165, 1.54) is 82.7 Å². The number of anilines is 3. The van der Waals surface area contributed by atoms with Crippen LogP contribution in [0.5, 0.6) is 0 Å². The standard InChI is InChI=1S/C60H42N2/c1-2-20-49(21-3-1)62-58-27-9-8-25-56(58)60-55(26-13-29-59(60)62)47-19-10-17-44(38-47)45-18-11-22-51(40-45)61(57-28-12-16-42-14-5-7-24-54(42)57)50-35-32-41(33-36-50)46-34-37-53-48(39-46)31-30-43-15-4-6-23-52(43)53/h1-38,40,48H,39H2. The van der Waals surface area contributed by atoms with E-state index in [1.807, 2.05) is 0 Å². The second kappa shape index (κ2) is 15.0. The number of benzene rings is 9. The van der Waals surface area contributed by atoms with Gasteiger partial charge in [0.1, 0.15) is 0 Å². The minimum Gasteiger partial charge on any atom is -0.310 e. The van der Waals surface area contributed by atoms with Gasteiger partial charge in [0.25, 0.3) is 0 Å². The Morgan fingerprint density at radius 3 is 2.03 bits per heavy atom. The van der Waals surface area contributed by atoms with Crippen LogP contribution in [-0.2, 0) is 0 Å². The zero-order chi connectivity index (χ0) is 41.0. The first-order chi connectivity index (χ1) is 30.7. The van der Waals surface area contributed by atoms with Gasteiger partial charge in [-0.2, -0.15) is 0 Å². The smallest absolute Gasteiger partial charge is 0.0547 e. The first-order valence-electron chi connectivity index (χ1n) is 21.6. The fraction of sp³-hybridized carbons (Fsp3) is 0.0333. The van der Waals surface area contributed by atoms with Gasteiger partial charge in [0, 0.05) is 39.1 Å². The molecule has 0 N–H and O–H groups in total. The summed E-state index contributed by atoms with van der Waals surface area (Å²) in [7, 11) is 0. The second-order valence-corrected chi connectivity index (χ2v) is 16.5. The third-order valence-corrected chi connectivity index (χ3v) is 12.9. The first kappa shape index (κ1) is 36.0. The van der Waals surface area contributed by atoms with Crippen LogP contribution in [0.15, 0.2) is 231 Å². The van der Waals surface area contributed by atoms with Crippen LogP contribution < -0.4 is 4.90 Å². The molecule has 0 amide bonds. The summed E-state index contributed by atoms with van der Waals surface area (Å²) in [6, 6.07) is 77.5. The van der Waals surface area contributed by atoms with Gasteiger partial charge in [-0.15, -0.1) is 0 Å². The molecule has 0 saturated heterocycles. The molecule has 2 nitrogen and oxygen atoms in total. The number of hydrogen-bond donors (Lipinski definition) is 0. The normalized spacial score (nSPS) is 14.4. The Kier molecular flexibility index (Phi) is 8.67. The van der Waals surface area contributed by atoms with E-state index in [2.05, 4.69) is 246 Å². The first-order valence-corrected chi connectivity index (χ1v) is 21.6. The van der Waals surface area contributed by atoms with Gasteiger partial charge in [-0.3, -0.25) is 0 Å². The van der Waals surface area contributed by atoms with E-state index >= 15 is 0 Å². The topological polar surface area (TPSA) is 8.17 Å². The fourth-order valence-electron chi connectivity index (χ4n) is 9.99. The molecule has 0 radical (unpaired) electrons. The summed E-state index contributed by atoms with van der Waals surface area (Å²) in [6.45, 7) is 0. The molecule has 0 fully saturated rings. The number of para-hydroxylation sites is 2. The maximum Gasteiger partial charge on any atom is 0.0547 e. The van der Waals surface area contributed by atoms with Crippen molar-refractivity contribution in [3.63, 3.8) is 0 Å². The molecule has 0 aliphatic heterocycles. The highest BCUT2D eigenvalue weighted by Crippen LogP contribution is 2.45. The lowest BCUT2D eigenvalue weighted by atomic mass is 9.77. The molecule has 9 aromatic carbocycles. The molecule has 1 aromatic heterocycles. The summed E-state index contributed by atoms with van der Waals surface area (Å²) in [5.74, 6) is 0.389.